The molecule has 1 aromatic heterocycles. The number of aryl methyl sites for hydroxylation is 1. The van der Waals surface area contributed by atoms with Gasteiger partial charge in [-0.2, -0.15) is 0 Å². The van der Waals surface area contributed by atoms with E-state index in [9.17, 15) is 8.78 Å². The zero-order valence-electron chi connectivity index (χ0n) is 9.78. The summed E-state index contributed by atoms with van der Waals surface area (Å²) in [4.78, 5) is 4.11. The van der Waals surface area contributed by atoms with E-state index in [0.29, 0.717) is 6.54 Å². The van der Waals surface area contributed by atoms with Gasteiger partial charge in [-0.15, -0.1) is 0 Å². The van der Waals surface area contributed by atoms with Gasteiger partial charge in [0.1, 0.15) is 17.4 Å². The van der Waals surface area contributed by atoms with Gasteiger partial charge in [0.05, 0.1) is 0 Å². The lowest BCUT2D eigenvalue weighted by molar-refractivity contribution is 0.449. The first-order valence-corrected chi connectivity index (χ1v) is 5.38. The molecule has 0 saturated heterocycles. The van der Waals surface area contributed by atoms with Gasteiger partial charge in [-0.25, -0.2) is 13.8 Å². The molecule has 2 rings (SSSR count). The molecule has 5 heteroatoms. The number of aromatic nitrogens is 1. The highest BCUT2D eigenvalue weighted by Gasteiger charge is 2.05. The monoisotopic (exact) mass is 250 g/mol. The highest BCUT2D eigenvalue weighted by Crippen LogP contribution is 2.22. The lowest BCUT2D eigenvalue weighted by Crippen LogP contribution is -1.99. The first-order valence-electron chi connectivity index (χ1n) is 5.38. The third kappa shape index (κ3) is 3.01. The van der Waals surface area contributed by atoms with Gasteiger partial charge in [0, 0.05) is 36.5 Å². The molecular weight excluding hydrogens is 238 g/mol. The Morgan fingerprint density at radius 1 is 1.11 bits per heavy atom. The Labute approximate surface area is 103 Å². The van der Waals surface area contributed by atoms with Crippen molar-refractivity contribution in [1.29, 1.82) is 0 Å². The van der Waals surface area contributed by atoms with Crippen molar-refractivity contribution in [2.45, 2.75) is 13.5 Å². The smallest absolute Gasteiger partial charge is 0.219 e. The standard InChI is InChI=1S/C13H12F2N2O/c1-8-2-9(7-16)3-13(17-8)18-12-5-10(14)4-11(15)6-12/h2-6H,7,16H2,1H3. The fraction of sp³-hybridized carbons (Fsp3) is 0.154. The van der Waals surface area contributed by atoms with Crippen LogP contribution in [0, 0.1) is 18.6 Å². The second-order valence-corrected chi connectivity index (χ2v) is 3.87. The molecule has 2 N–H and O–H groups in total. The molecule has 0 aliphatic carbocycles. The number of benzene rings is 1. The molecule has 0 bridgehead atoms. The number of nitrogens with two attached hydrogens (primary N) is 1. The predicted octanol–water partition coefficient (Wildman–Crippen LogP) is 2.92. The molecule has 94 valence electrons. The first-order chi connectivity index (χ1) is 8.56. The van der Waals surface area contributed by atoms with Crippen LogP contribution < -0.4 is 10.5 Å². The summed E-state index contributed by atoms with van der Waals surface area (Å²) >= 11 is 0. The second kappa shape index (κ2) is 5.10. The highest BCUT2D eigenvalue weighted by atomic mass is 19.1. The van der Waals surface area contributed by atoms with Crippen LogP contribution in [-0.4, -0.2) is 4.98 Å². The van der Waals surface area contributed by atoms with E-state index in [2.05, 4.69) is 4.98 Å². The lowest BCUT2D eigenvalue weighted by atomic mass is 10.2. The maximum Gasteiger partial charge on any atom is 0.219 e. The number of nitrogens with zero attached hydrogens (tertiary/aromatic N) is 1. The van der Waals surface area contributed by atoms with Crippen LogP contribution in [0.4, 0.5) is 8.78 Å². The largest absolute Gasteiger partial charge is 0.439 e. The topological polar surface area (TPSA) is 48.1 Å². The average molecular weight is 250 g/mol. The number of halogens is 2. The Morgan fingerprint density at radius 2 is 1.78 bits per heavy atom. The van der Waals surface area contributed by atoms with Gasteiger partial charge < -0.3 is 10.5 Å². The molecular formula is C13H12F2N2O. The maximum absolute atomic E-state index is 13.0. The maximum atomic E-state index is 13.0. The van der Waals surface area contributed by atoms with E-state index in [4.69, 9.17) is 10.5 Å². The third-order valence-electron chi connectivity index (χ3n) is 2.28. The third-order valence-corrected chi connectivity index (χ3v) is 2.28. The molecule has 0 atom stereocenters. The Balaban J connectivity index is 2.30. The Hall–Kier alpha value is -2.01. The molecule has 0 unspecified atom stereocenters. The molecule has 0 amide bonds. The van der Waals surface area contributed by atoms with E-state index in [1.807, 2.05) is 6.07 Å². The summed E-state index contributed by atoms with van der Waals surface area (Å²) in [7, 11) is 0. The van der Waals surface area contributed by atoms with Crippen molar-refractivity contribution in [1.82, 2.24) is 4.98 Å². The van der Waals surface area contributed by atoms with Crippen LogP contribution in [0.5, 0.6) is 11.6 Å². The SMILES string of the molecule is Cc1cc(CN)cc(Oc2cc(F)cc(F)c2)n1. The molecule has 2 aromatic rings. The number of hydrogen-bond donors (Lipinski definition) is 1. The zero-order chi connectivity index (χ0) is 13.1. The molecule has 0 saturated carbocycles. The summed E-state index contributed by atoms with van der Waals surface area (Å²) in [5, 5.41) is 0. The van der Waals surface area contributed by atoms with E-state index < -0.39 is 11.6 Å². The van der Waals surface area contributed by atoms with E-state index in [-0.39, 0.29) is 11.6 Å². The Morgan fingerprint density at radius 3 is 2.39 bits per heavy atom. The van der Waals surface area contributed by atoms with Gasteiger partial charge in [-0.3, -0.25) is 0 Å². The average Bonchev–Trinajstić information content (AvgIpc) is 2.26. The fourth-order valence-electron chi connectivity index (χ4n) is 1.59. The Bertz CT molecular complexity index is 553. The lowest BCUT2D eigenvalue weighted by Gasteiger charge is -2.07. The van der Waals surface area contributed by atoms with Crippen LogP contribution in [0.3, 0.4) is 0 Å². The van der Waals surface area contributed by atoms with Crippen LogP contribution >= 0.6 is 0 Å². The Kier molecular flexibility index (Phi) is 3.53. The normalized spacial score (nSPS) is 10.4. The number of ether oxygens (including phenoxy) is 1. The van der Waals surface area contributed by atoms with E-state index >= 15 is 0 Å². The minimum atomic E-state index is -0.697. The van der Waals surface area contributed by atoms with Gasteiger partial charge in [0.2, 0.25) is 5.88 Å². The van der Waals surface area contributed by atoms with Crippen LogP contribution in [0.15, 0.2) is 30.3 Å². The van der Waals surface area contributed by atoms with Crippen molar-refractivity contribution in [3.63, 3.8) is 0 Å². The number of hydrogen-bond acceptors (Lipinski definition) is 3. The molecule has 1 aromatic carbocycles. The number of pyridine rings is 1. The summed E-state index contributed by atoms with van der Waals surface area (Å²) in [6, 6.07) is 6.42. The van der Waals surface area contributed by atoms with Gasteiger partial charge >= 0.3 is 0 Å². The van der Waals surface area contributed by atoms with E-state index in [0.717, 1.165) is 29.5 Å². The zero-order valence-corrected chi connectivity index (χ0v) is 9.78. The van der Waals surface area contributed by atoms with Crippen LogP contribution in [0.25, 0.3) is 0 Å². The van der Waals surface area contributed by atoms with E-state index in [1.165, 1.54) is 0 Å². The molecule has 0 radical (unpaired) electrons. The predicted molar refractivity (Wildman–Crippen MR) is 63.3 cm³/mol. The van der Waals surface area contributed by atoms with Crippen molar-refractivity contribution in [2.75, 3.05) is 0 Å². The van der Waals surface area contributed by atoms with Crippen molar-refractivity contribution in [3.05, 3.63) is 53.2 Å². The summed E-state index contributed by atoms with van der Waals surface area (Å²) in [6.07, 6.45) is 0. The van der Waals surface area contributed by atoms with Gasteiger partial charge in [-0.1, -0.05) is 0 Å². The summed E-state index contributed by atoms with van der Waals surface area (Å²) in [5.41, 5.74) is 7.09. The van der Waals surface area contributed by atoms with Gasteiger partial charge in [-0.05, 0) is 18.6 Å². The van der Waals surface area contributed by atoms with Crippen LogP contribution in [-0.2, 0) is 6.54 Å². The number of rotatable bonds is 3. The van der Waals surface area contributed by atoms with Crippen molar-refractivity contribution in [3.8, 4) is 11.6 Å². The van der Waals surface area contributed by atoms with Gasteiger partial charge in [0.15, 0.2) is 0 Å². The van der Waals surface area contributed by atoms with Crippen molar-refractivity contribution < 1.29 is 13.5 Å². The van der Waals surface area contributed by atoms with E-state index in [1.54, 1.807) is 13.0 Å². The summed E-state index contributed by atoms with van der Waals surface area (Å²) in [5.74, 6) is -1.07. The highest BCUT2D eigenvalue weighted by molar-refractivity contribution is 5.31. The molecule has 0 fully saturated rings. The first kappa shape index (κ1) is 12.4. The summed E-state index contributed by atoms with van der Waals surface area (Å²) in [6.45, 7) is 2.13. The molecule has 3 nitrogen and oxygen atoms in total. The van der Waals surface area contributed by atoms with Crippen molar-refractivity contribution >= 4 is 0 Å². The fourth-order valence-corrected chi connectivity index (χ4v) is 1.59. The summed E-state index contributed by atoms with van der Waals surface area (Å²) < 4.78 is 31.3. The molecule has 18 heavy (non-hydrogen) atoms. The van der Waals surface area contributed by atoms with Crippen molar-refractivity contribution in [2.24, 2.45) is 5.73 Å². The quantitative estimate of drug-likeness (QED) is 0.911. The molecule has 0 spiro atoms. The van der Waals surface area contributed by atoms with Crippen LogP contribution in [0.2, 0.25) is 0 Å². The van der Waals surface area contributed by atoms with Gasteiger partial charge in [0.25, 0.3) is 0 Å². The molecule has 0 aliphatic heterocycles. The molecule has 1 heterocycles. The molecule has 0 aliphatic rings. The second-order valence-electron chi connectivity index (χ2n) is 3.87. The minimum Gasteiger partial charge on any atom is -0.439 e. The minimum absolute atomic E-state index is 0.0635. The van der Waals surface area contributed by atoms with Crippen LogP contribution in [0.1, 0.15) is 11.3 Å².